The van der Waals surface area contributed by atoms with Crippen LogP contribution in [0.4, 0.5) is 0 Å². The highest BCUT2D eigenvalue weighted by Gasteiger charge is 2.31. The standard InChI is InChI=1S/C11H15IO2/c1-7(2)5-8-3-4-9-11(10(8)12)14-6-13-9/h3-4,7-8,10H,5-6H2,1-2H3. The Morgan fingerprint density at radius 1 is 1.50 bits per heavy atom. The van der Waals surface area contributed by atoms with Crippen molar-refractivity contribution in [1.29, 1.82) is 0 Å². The van der Waals surface area contributed by atoms with Crippen molar-refractivity contribution in [2.45, 2.75) is 24.2 Å². The van der Waals surface area contributed by atoms with Crippen LogP contribution in [0.2, 0.25) is 0 Å². The maximum Gasteiger partial charge on any atom is 0.230 e. The molecule has 1 aliphatic carbocycles. The van der Waals surface area contributed by atoms with Gasteiger partial charge in [0.25, 0.3) is 0 Å². The average molecular weight is 306 g/mol. The Morgan fingerprint density at radius 2 is 2.29 bits per heavy atom. The highest BCUT2D eigenvalue weighted by molar-refractivity contribution is 14.1. The van der Waals surface area contributed by atoms with Gasteiger partial charge in [0.2, 0.25) is 6.79 Å². The van der Waals surface area contributed by atoms with Crippen LogP contribution in [0.3, 0.4) is 0 Å². The lowest BCUT2D eigenvalue weighted by Gasteiger charge is -2.23. The maximum absolute atomic E-state index is 5.48. The first kappa shape index (κ1) is 10.3. The lowest BCUT2D eigenvalue weighted by molar-refractivity contribution is 0.0729. The predicted molar refractivity (Wildman–Crippen MR) is 64.0 cm³/mol. The maximum atomic E-state index is 5.48. The van der Waals surface area contributed by atoms with Crippen molar-refractivity contribution in [2.24, 2.45) is 11.8 Å². The smallest absolute Gasteiger partial charge is 0.230 e. The molecule has 3 heteroatoms. The molecule has 0 amide bonds. The number of alkyl halides is 1. The Labute approximate surface area is 98.5 Å². The predicted octanol–water partition coefficient (Wildman–Crippen LogP) is 3.24. The second-order valence-corrected chi connectivity index (χ2v) is 5.53. The summed E-state index contributed by atoms with van der Waals surface area (Å²) in [6.45, 7) is 4.91. The summed E-state index contributed by atoms with van der Waals surface area (Å²) in [6.07, 6.45) is 5.53. The van der Waals surface area contributed by atoms with Crippen LogP contribution in [-0.4, -0.2) is 10.7 Å². The fourth-order valence-corrected chi connectivity index (χ4v) is 2.91. The third kappa shape index (κ3) is 1.92. The molecule has 0 aromatic heterocycles. The van der Waals surface area contributed by atoms with Gasteiger partial charge in [0.15, 0.2) is 11.5 Å². The van der Waals surface area contributed by atoms with E-state index in [9.17, 15) is 0 Å². The number of hydrogen-bond donors (Lipinski definition) is 0. The number of hydrogen-bond acceptors (Lipinski definition) is 2. The summed E-state index contributed by atoms with van der Waals surface area (Å²) in [4.78, 5) is 0. The van der Waals surface area contributed by atoms with Crippen LogP contribution < -0.4 is 0 Å². The largest absolute Gasteiger partial charge is 0.457 e. The molecule has 1 heterocycles. The lowest BCUT2D eigenvalue weighted by atomic mass is 9.90. The van der Waals surface area contributed by atoms with E-state index >= 15 is 0 Å². The molecule has 0 radical (unpaired) electrons. The zero-order valence-electron chi connectivity index (χ0n) is 8.50. The molecular weight excluding hydrogens is 291 g/mol. The minimum absolute atomic E-state index is 0.392. The minimum Gasteiger partial charge on any atom is -0.457 e. The first-order chi connectivity index (χ1) is 6.68. The van der Waals surface area contributed by atoms with Gasteiger partial charge in [-0.05, 0) is 24.3 Å². The Hall–Kier alpha value is -0.190. The Balaban J connectivity index is 2.09. The fourth-order valence-electron chi connectivity index (χ4n) is 1.89. The molecule has 0 bridgehead atoms. The molecule has 2 aliphatic rings. The average Bonchev–Trinajstić information content (AvgIpc) is 2.57. The van der Waals surface area contributed by atoms with Crippen LogP contribution >= 0.6 is 22.6 Å². The molecule has 78 valence electrons. The molecule has 0 N–H and O–H groups in total. The van der Waals surface area contributed by atoms with Crippen molar-refractivity contribution >= 4 is 22.6 Å². The van der Waals surface area contributed by atoms with E-state index in [1.54, 1.807) is 0 Å². The first-order valence-electron chi connectivity index (χ1n) is 5.00. The number of allylic oxidation sites excluding steroid dienone is 3. The van der Waals surface area contributed by atoms with Gasteiger partial charge in [0, 0.05) is 0 Å². The zero-order chi connectivity index (χ0) is 10.1. The highest BCUT2D eigenvalue weighted by Crippen LogP contribution is 2.37. The van der Waals surface area contributed by atoms with Gasteiger partial charge >= 0.3 is 0 Å². The van der Waals surface area contributed by atoms with E-state index in [4.69, 9.17) is 9.47 Å². The summed E-state index contributed by atoms with van der Waals surface area (Å²) < 4.78 is 11.3. The van der Waals surface area contributed by atoms with Crippen molar-refractivity contribution in [2.75, 3.05) is 6.79 Å². The number of ether oxygens (including phenoxy) is 2. The van der Waals surface area contributed by atoms with Gasteiger partial charge in [-0.25, -0.2) is 0 Å². The Bertz CT molecular complexity index is 281. The molecule has 0 aromatic carbocycles. The molecule has 2 unspecified atom stereocenters. The van der Waals surface area contributed by atoms with E-state index in [-0.39, 0.29) is 0 Å². The molecule has 0 saturated carbocycles. The first-order valence-corrected chi connectivity index (χ1v) is 6.25. The van der Waals surface area contributed by atoms with E-state index in [0.717, 1.165) is 17.4 Å². The van der Waals surface area contributed by atoms with Gasteiger partial charge in [0.05, 0.1) is 3.92 Å². The van der Waals surface area contributed by atoms with Gasteiger partial charge in [0.1, 0.15) is 0 Å². The number of halogens is 1. The summed E-state index contributed by atoms with van der Waals surface area (Å²) in [7, 11) is 0. The van der Waals surface area contributed by atoms with Crippen LogP contribution in [0.25, 0.3) is 0 Å². The van der Waals surface area contributed by atoms with E-state index in [1.807, 2.05) is 0 Å². The summed E-state index contributed by atoms with van der Waals surface area (Å²) in [5.74, 6) is 3.30. The minimum atomic E-state index is 0.392. The normalized spacial score (nSPS) is 30.3. The highest BCUT2D eigenvalue weighted by atomic mass is 127. The molecule has 2 atom stereocenters. The van der Waals surface area contributed by atoms with Crippen LogP contribution in [0.1, 0.15) is 20.3 Å². The van der Waals surface area contributed by atoms with Crippen LogP contribution in [-0.2, 0) is 9.47 Å². The monoisotopic (exact) mass is 306 g/mol. The van der Waals surface area contributed by atoms with Crippen LogP contribution in [0.15, 0.2) is 23.7 Å². The third-order valence-corrected chi connectivity index (χ3v) is 4.03. The van der Waals surface area contributed by atoms with E-state index in [2.05, 4.69) is 48.6 Å². The van der Waals surface area contributed by atoms with Crippen molar-refractivity contribution < 1.29 is 9.47 Å². The topological polar surface area (TPSA) is 18.5 Å². The van der Waals surface area contributed by atoms with E-state index in [1.165, 1.54) is 6.42 Å². The Morgan fingerprint density at radius 3 is 3.00 bits per heavy atom. The SMILES string of the molecule is CC(C)CC1C=CC2=C(OCO2)C1I. The summed E-state index contributed by atoms with van der Waals surface area (Å²) in [6, 6.07) is 0. The van der Waals surface area contributed by atoms with E-state index < -0.39 is 0 Å². The zero-order valence-corrected chi connectivity index (χ0v) is 10.7. The van der Waals surface area contributed by atoms with Crippen molar-refractivity contribution in [1.82, 2.24) is 0 Å². The molecule has 2 rings (SSSR count). The summed E-state index contributed by atoms with van der Waals surface area (Å²) in [5.41, 5.74) is 0. The van der Waals surface area contributed by atoms with E-state index in [0.29, 0.717) is 16.6 Å². The van der Waals surface area contributed by atoms with Gasteiger partial charge in [-0.3, -0.25) is 0 Å². The van der Waals surface area contributed by atoms with Crippen LogP contribution in [0, 0.1) is 11.8 Å². The van der Waals surface area contributed by atoms with Crippen molar-refractivity contribution in [3.8, 4) is 0 Å². The molecule has 0 aromatic rings. The van der Waals surface area contributed by atoms with Crippen molar-refractivity contribution in [3.05, 3.63) is 23.7 Å². The molecule has 14 heavy (non-hydrogen) atoms. The summed E-state index contributed by atoms with van der Waals surface area (Å²) >= 11 is 2.46. The van der Waals surface area contributed by atoms with Gasteiger partial charge in [-0.2, -0.15) is 0 Å². The van der Waals surface area contributed by atoms with Gasteiger partial charge < -0.3 is 9.47 Å². The number of rotatable bonds is 2. The molecule has 1 aliphatic heterocycles. The van der Waals surface area contributed by atoms with Crippen molar-refractivity contribution in [3.63, 3.8) is 0 Å². The molecule has 0 fully saturated rings. The summed E-state index contributed by atoms with van der Waals surface area (Å²) in [5, 5.41) is 0. The second kappa shape index (κ2) is 4.13. The lowest BCUT2D eigenvalue weighted by Crippen LogP contribution is -2.20. The third-order valence-electron chi connectivity index (χ3n) is 2.54. The molecule has 0 spiro atoms. The molecule has 0 saturated heterocycles. The molecule has 2 nitrogen and oxygen atoms in total. The second-order valence-electron chi connectivity index (χ2n) is 4.19. The Kier molecular flexibility index (Phi) is 3.04. The van der Waals surface area contributed by atoms with Gasteiger partial charge in [-0.15, -0.1) is 0 Å². The van der Waals surface area contributed by atoms with Crippen LogP contribution in [0.5, 0.6) is 0 Å². The quantitative estimate of drug-likeness (QED) is 0.576. The van der Waals surface area contributed by atoms with Gasteiger partial charge in [-0.1, -0.05) is 42.5 Å². The fraction of sp³-hybridized carbons (Fsp3) is 0.636. The molecular formula is C11H15IO2.